The van der Waals surface area contributed by atoms with Gasteiger partial charge in [0.1, 0.15) is 0 Å². The molecule has 1 amide bonds. The second kappa shape index (κ2) is 7.36. The topological polar surface area (TPSA) is 67.2 Å². The highest BCUT2D eigenvalue weighted by molar-refractivity contribution is 6.30. The Balaban J connectivity index is 1.41. The minimum Gasteiger partial charge on any atom is -0.368 e. The summed E-state index contributed by atoms with van der Waals surface area (Å²) in [6.45, 7) is 4.76. The summed E-state index contributed by atoms with van der Waals surface area (Å²) in [6.07, 6.45) is 0. The maximum Gasteiger partial charge on any atom is 0.253 e. The summed E-state index contributed by atoms with van der Waals surface area (Å²) in [4.78, 5) is 16.9. The number of rotatable bonds is 3. The van der Waals surface area contributed by atoms with Gasteiger partial charge in [-0.05, 0) is 59.8 Å². The first kappa shape index (κ1) is 17.5. The van der Waals surface area contributed by atoms with Gasteiger partial charge < -0.3 is 9.80 Å². The molecule has 1 aliphatic rings. The van der Waals surface area contributed by atoms with Crippen molar-refractivity contribution in [2.45, 2.75) is 6.92 Å². The van der Waals surface area contributed by atoms with E-state index in [2.05, 4.69) is 20.4 Å². The van der Waals surface area contributed by atoms with Crippen molar-refractivity contribution in [3.63, 3.8) is 0 Å². The van der Waals surface area contributed by atoms with E-state index in [0.717, 1.165) is 29.5 Å². The van der Waals surface area contributed by atoms with Gasteiger partial charge in [-0.25, -0.2) is 0 Å². The first-order chi connectivity index (χ1) is 13.1. The van der Waals surface area contributed by atoms with Gasteiger partial charge in [0, 0.05) is 42.5 Å². The number of carbonyl (C=O) groups excluding carboxylic acids is 1. The Morgan fingerprint density at radius 1 is 1.00 bits per heavy atom. The van der Waals surface area contributed by atoms with Gasteiger partial charge in [0.2, 0.25) is 0 Å². The number of benzene rings is 2. The zero-order valence-electron chi connectivity index (χ0n) is 14.9. The molecular weight excluding hydrogens is 364 g/mol. The number of aromatic nitrogens is 4. The maximum atomic E-state index is 12.8. The summed E-state index contributed by atoms with van der Waals surface area (Å²) in [5.74, 6) is 0.743. The van der Waals surface area contributed by atoms with Gasteiger partial charge in [0.05, 0.1) is 5.69 Å². The summed E-state index contributed by atoms with van der Waals surface area (Å²) in [6, 6.07) is 15.2. The van der Waals surface area contributed by atoms with Crippen LogP contribution in [0.15, 0.2) is 48.5 Å². The van der Waals surface area contributed by atoms with Crippen molar-refractivity contribution < 1.29 is 4.79 Å². The molecule has 7 nitrogen and oxygen atoms in total. The van der Waals surface area contributed by atoms with Crippen LogP contribution in [0.2, 0.25) is 5.02 Å². The normalized spacial score (nSPS) is 14.4. The monoisotopic (exact) mass is 382 g/mol. The number of halogens is 1. The standard InChI is InChI=1S/C19H19ClN6O/c1-14-21-22-23-26(14)17-7-5-15(6-8-17)19(27)25-11-9-24(10-12-25)18-4-2-3-16(20)13-18/h2-8,13H,9-12H2,1H3. The molecule has 0 bridgehead atoms. The third kappa shape index (κ3) is 3.64. The van der Waals surface area contributed by atoms with E-state index in [9.17, 15) is 4.79 Å². The van der Waals surface area contributed by atoms with Crippen LogP contribution in [-0.2, 0) is 0 Å². The predicted molar refractivity (Wildman–Crippen MR) is 103 cm³/mol. The second-order valence-electron chi connectivity index (χ2n) is 6.44. The van der Waals surface area contributed by atoms with Crippen LogP contribution in [0.1, 0.15) is 16.2 Å². The molecule has 27 heavy (non-hydrogen) atoms. The number of hydrogen-bond donors (Lipinski definition) is 0. The van der Waals surface area contributed by atoms with E-state index in [1.54, 1.807) is 4.68 Å². The summed E-state index contributed by atoms with van der Waals surface area (Å²) >= 11 is 6.08. The van der Waals surface area contributed by atoms with E-state index in [1.807, 2.05) is 60.4 Å². The van der Waals surface area contributed by atoms with Crippen LogP contribution < -0.4 is 4.90 Å². The number of nitrogens with zero attached hydrogens (tertiary/aromatic N) is 6. The highest BCUT2D eigenvalue weighted by atomic mass is 35.5. The van der Waals surface area contributed by atoms with Crippen LogP contribution in [0.25, 0.3) is 5.69 Å². The van der Waals surface area contributed by atoms with Gasteiger partial charge in [-0.3, -0.25) is 4.79 Å². The van der Waals surface area contributed by atoms with Crippen molar-refractivity contribution in [2.24, 2.45) is 0 Å². The minimum atomic E-state index is 0.0423. The molecule has 138 valence electrons. The first-order valence-corrected chi connectivity index (χ1v) is 9.15. The Morgan fingerprint density at radius 3 is 2.37 bits per heavy atom. The molecule has 0 radical (unpaired) electrons. The molecule has 0 N–H and O–H groups in total. The van der Waals surface area contributed by atoms with Crippen LogP contribution in [0.5, 0.6) is 0 Å². The zero-order chi connectivity index (χ0) is 18.8. The third-order valence-corrected chi connectivity index (χ3v) is 4.96. The van der Waals surface area contributed by atoms with Crippen LogP contribution in [-0.4, -0.2) is 57.2 Å². The molecule has 1 aromatic heterocycles. The Labute approximate surface area is 162 Å². The molecule has 0 aliphatic carbocycles. The Kier molecular flexibility index (Phi) is 4.77. The molecule has 3 aromatic rings. The lowest BCUT2D eigenvalue weighted by atomic mass is 10.1. The van der Waals surface area contributed by atoms with Crippen molar-refractivity contribution in [1.29, 1.82) is 0 Å². The van der Waals surface area contributed by atoms with E-state index in [-0.39, 0.29) is 5.91 Å². The highest BCUT2D eigenvalue weighted by Gasteiger charge is 2.22. The largest absolute Gasteiger partial charge is 0.368 e. The van der Waals surface area contributed by atoms with Crippen LogP contribution in [0, 0.1) is 6.92 Å². The predicted octanol–water partition coefficient (Wildman–Crippen LogP) is 2.59. The summed E-state index contributed by atoms with van der Waals surface area (Å²) in [7, 11) is 0. The van der Waals surface area contributed by atoms with Gasteiger partial charge in [0.15, 0.2) is 5.82 Å². The smallest absolute Gasteiger partial charge is 0.253 e. The minimum absolute atomic E-state index is 0.0423. The third-order valence-electron chi connectivity index (χ3n) is 4.72. The zero-order valence-corrected chi connectivity index (χ0v) is 15.7. The van der Waals surface area contributed by atoms with Gasteiger partial charge in [-0.2, -0.15) is 4.68 Å². The van der Waals surface area contributed by atoms with E-state index >= 15 is 0 Å². The molecule has 0 spiro atoms. The van der Waals surface area contributed by atoms with E-state index in [1.165, 1.54) is 0 Å². The molecule has 0 atom stereocenters. The van der Waals surface area contributed by atoms with Crippen molar-refractivity contribution in [3.8, 4) is 5.69 Å². The van der Waals surface area contributed by atoms with Crippen molar-refractivity contribution in [3.05, 3.63) is 64.9 Å². The van der Waals surface area contributed by atoms with Gasteiger partial charge in [-0.15, -0.1) is 5.10 Å². The molecule has 8 heteroatoms. The number of carbonyl (C=O) groups is 1. The average Bonchev–Trinajstić information content (AvgIpc) is 3.14. The molecule has 2 aromatic carbocycles. The van der Waals surface area contributed by atoms with E-state index in [0.29, 0.717) is 24.5 Å². The van der Waals surface area contributed by atoms with E-state index in [4.69, 9.17) is 11.6 Å². The Morgan fingerprint density at radius 2 is 1.74 bits per heavy atom. The SMILES string of the molecule is Cc1nnnn1-c1ccc(C(=O)N2CCN(c3cccc(Cl)c3)CC2)cc1. The second-order valence-corrected chi connectivity index (χ2v) is 6.88. The Hall–Kier alpha value is -2.93. The summed E-state index contributed by atoms with van der Waals surface area (Å²) < 4.78 is 1.64. The number of tetrazole rings is 1. The molecule has 1 fully saturated rings. The number of amides is 1. The van der Waals surface area contributed by atoms with Crippen molar-refractivity contribution in [1.82, 2.24) is 25.1 Å². The van der Waals surface area contributed by atoms with Gasteiger partial charge >= 0.3 is 0 Å². The van der Waals surface area contributed by atoms with Crippen molar-refractivity contribution >= 4 is 23.2 Å². The Bertz CT molecular complexity index is 947. The number of hydrogen-bond acceptors (Lipinski definition) is 5. The fraction of sp³-hybridized carbons (Fsp3) is 0.263. The van der Waals surface area contributed by atoms with Gasteiger partial charge in [0.25, 0.3) is 5.91 Å². The molecule has 4 rings (SSSR count). The average molecular weight is 383 g/mol. The summed E-state index contributed by atoms with van der Waals surface area (Å²) in [5, 5.41) is 12.2. The quantitative estimate of drug-likeness (QED) is 0.696. The van der Waals surface area contributed by atoms with E-state index < -0.39 is 0 Å². The lowest BCUT2D eigenvalue weighted by Gasteiger charge is -2.36. The number of anilines is 1. The molecule has 0 unspecified atom stereocenters. The van der Waals surface area contributed by atoms with Crippen LogP contribution in [0.4, 0.5) is 5.69 Å². The van der Waals surface area contributed by atoms with Crippen molar-refractivity contribution in [2.75, 3.05) is 31.1 Å². The lowest BCUT2D eigenvalue weighted by Crippen LogP contribution is -2.48. The highest BCUT2D eigenvalue weighted by Crippen LogP contribution is 2.21. The van der Waals surface area contributed by atoms with Crippen LogP contribution in [0.3, 0.4) is 0 Å². The maximum absolute atomic E-state index is 12.8. The number of piperazine rings is 1. The number of aryl methyl sites for hydroxylation is 1. The molecular formula is C19H19ClN6O. The molecule has 0 saturated carbocycles. The van der Waals surface area contributed by atoms with Gasteiger partial charge in [-0.1, -0.05) is 17.7 Å². The summed E-state index contributed by atoms with van der Waals surface area (Å²) in [5.41, 5.74) is 2.59. The molecule has 1 aliphatic heterocycles. The molecule has 1 saturated heterocycles. The lowest BCUT2D eigenvalue weighted by molar-refractivity contribution is 0.0747. The fourth-order valence-electron chi connectivity index (χ4n) is 3.24. The fourth-order valence-corrected chi connectivity index (χ4v) is 3.42. The first-order valence-electron chi connectivity index (χ1n) is 8.77. The molecule has 2 heterocycles. The van der Waals surface area contributed by atoms with Crippen LogP contribution >= 0.6 is 11.6 Å².